The van der Waals surface area contributed by atoms with E-state index in [0.29, 0.717) is 18.7 Å². The monoisotopic (exact) mass is 255 g/mol. The molecule has 2 aromatic heterocycles. The number of carbonyl (C=O) groups excluding carboxylic acids is 1. The maximum atomic E-state index is 11.9. The number of amides is 1. The number of imidazole rings is 1. The van der Waals surface area contributed by atoms with E-state index in [1.807, 2.05) is 24.3 Å². The van der Waals surface area contributed by atoms with Crippen LogP contribution in [0.15, 0.2) is 47.1 Å². The van der Waals surface area contributed by atoms with Gasteiger partial charge in [-0.3, -0.25) is 4.79 Å². The number of para-hydroxylation sites is 1. The molecule has 1 aromatic carbocycles. The van der Waals surface area contributed by atoms with Crippen molar-refractivity contribution in [1.82, 2.24) is 15.3 Å². The Hall–Kier alpha value is -2.56. The second-order valence-corrected chi connectivity index (χ2v) is 4.19. The Morgan fingerprint density at radius 2 is 2.26 bits per heavy atom. The maximum Gasteiger partial charge on any atom is 0.287 e. The van der Waals surface area contributed by atoms with Crippen molar-refractivity contribution in [3.05, 3.63) is 54.3 Å². The highest BCUT2D eigenvalue weighted by Gasteiger charge is 2.11. The summed E-state index contributed by atoms with van der Waals surface area (Å²) in [6.07, 6.45) is 4.12. The van der Waals surface area contributed by atoms with Gasteiger partial charge in [-0.25, -0.2) is 4.98 Å². The molecule has 0 bridgehead atoms. The molecule has 5 nitrogen and oxygen atoms in total. The Labute approximate surface area is 109 Å². The minimum atomic E-state index is -0.206. The summed E-state index contributed by atoms with van der Waals surface area (Å²) in [4.78, 5) is 19.0. The van der Waals surface area contributed by atoms with Gasteiger partial charge in [-0.2, -0.15) is 0 Å². The smallest absolute Gasteiger partial charge is 0.287 e. The fourth-order valence-electron chi connectivity index (χ4n) is 1.91. The van der Waals surface area contributed by atoms with Crippen molar-refractivity contribution in [2.24, 2.45) is 0 Å². The highest BCUT2D eigenvalue weighted by Crippen LogP contribution is 2.18. The van der Waals surface area contributed by atoms with E-state index >= 15 is 0 Å². The van der Waals surface area contributed by atoms with Gasteiger partial charge in [0.05, 0.1) is 0 Å². The van der Waals surface area contributed by atoms with Crippen molar-refractivity contribution in [3.63, 3.8) is 0 Å². The molecule has 96 valence electrons. The molecule has 0 saturated heterocycles. The van der Waals surface area contributed by atoms with Crippen LogP contribution in [0.4, 0.5) is 0 Å². The second kappa shape index (κ2) is 4.97. The second-order valence-electron chi connectivity index (χ2n) is 4.19. The highest BCUT2D eigenvalue weighted by atomic mass is 16.3. The number of rotatable bonds is 4. The van der Waals surface area contributed by atoms with Gasteiger partial charge in [-0.05, 0) is 12.1 Å². The van der Waals surface area contributed by atoms with E-state index in [1.54, 1.807) is 18.5 Å². The Morgan fingerprint density at radius 3 is 3.05 bits per heavy atom. The van der Waals surface area contributed by atoms with Crippen molar-refractivity contribution in [2.45, 2.75) is 6.42 Å². The first-order valence-electron chi connectivity index (χ1n) is 6.08. The summed E-state index contributed by atoms with van der Waals surface area (Å²) < 4.78 is 5.48. The van der Waals surface area contributed by atoms with Crippen LogP contribution in [-0.4, -0.2) is 22.4 Å². The van der Waals surface area contributed by atoms with E-state index in [-0.39, 0.29) is 5.91 Å². The topological polar surface area (TPSA) is 70.9 Å². The quantitative estimate of drug-likeness (QED) is 0.750. The SMILES string of the molecule is O=C(NCCc1ncc[nH]1)c1cc2ccccc2o1. The van der Waals surface area contributed by atoms with Crippen molar-refractivity contribution in [3.8, 4) is 0 Å². The van der Waals surface area contributed by atoms with Crippen LogP contribution in [0, 0.1) is 0 Å². The molecular weight excluding hydrogens is 242 g/mol. The lowest BCUT2D eigenvalue weighted by molar-refractivity contribution is 0.0928. The summed E-state index contributed by atoms with van der Waals surface area (Å²) in [5.74, 6) is 0.980. The summed E-state index contributed by atoms with van der Waals surface area (Å²) in [6.45, 7) is 0.517. The lowest BCUT2D eigenvalue weighted by Gasteiger charge is -2.00. The predicted octanol–water partition coefficient (Wildman–Crippen LogP) is 2.13. The first-order chi connectivity index (χ1) is 9.33. The average Bonchev–Trinajstić information content (AvgIpc) is 3.07. The molecule has 0 atom stereocenters. The molecule has 0 aliphatic carbocycles. The number of nitrogens with zero attached hydrogens (tertiary/aromatic N) is 1. The Kier molecular flexibility index (Phi) is 3.02. The number of carbonyl (C=O) groups is 1. The molecule has 0 aliphatic heterocycles. The molecule has 0 saturated carbocycles. The number of furan rings is 1. The molecule has 2 heterocycles. The van der Waals surface area contributed by atoms with E-state index < -0.39 is 0 Å². The van der Waals surface area contributed by atoms with Gasteiger partial charge in [0.15, 0.2) is 5.76 Å². The Bertz CT molecular complexity index is 653. The number of fused-ring (bicyclic) bond motifs is 1. The zero-order chi connectivity index (χ0) is 13.1. The van der Waals surface area contributed by atoms with Crippen molar-refractivity contribution in [1.29, 1.82) is 0 Å². The fraction of sp³-hybridized carbons (Fsp3) is 0.143. The number of hydrogen-bond acceptors (Lipinski definition) is 3. The summed E-state index contributed by atoms with van der Waals surface area (Å²) in [6, 6.07) is 9.30. The first kappa shape index (κ1) is 11.5. The Balaban J connectivity index is 1.63. The van der Waals surface area contributed by atoms with Gasteiger partial charge in [0.25, 0.3) is 5.91 Å². The maximum absolute atomic E-state index is 11.9. The molecule has 0 aliphatic rings. The van der Waals surface area contributed by atoms with Gasteiger partial charge < -0.3 is 14.7 Å². The lowest BCUT2D eigenvalue weighted by atomic mass is 10.2. The number of H-pyrrole nitrogens is 1. The fourth-order valence-corrected chi connectivity index (χ4v) is 1.91. The van der Waals surface area contributed by atoms with Gasteiger partial charge >= 0.3 is 0 Å². The van der Waals surface area contributed by atoms with Gasteiger partial charge in [-0.1, -0.05) is 18.2 Å². The number of nitrogens with one attached hydrogen (secondary N) is 2. The van der Waals surface area contributed by atoms with E-state index in [0.717, 1.165) is 16.8 Å². The summed E-state index contributed by atoms with van der Waals surface area (Å²) in [5, 5.41) is 3.73. The minimum absolute atomic E-state index is 0.206. The molecule has 0 fully saturated rings. The number of hydrogen-bond donors (Lipinski definition) is 2. The van der Waals surface area contributed by atoms with Crippen LogP contribution in [0.3, 0.4) is 0 Å². The van der Waals surface area contributed by atoms with Gasteiger partial charge in [0.2, 0.25) is 0 Å². The normalized spacial score (nSPS) is 10.7. The van der Waals surface area contributed by atoms with Crippen LogP contribution in [0.2, 0.25) is 0 Å². The third-order valence-electron chi connectivity index (χ3n) is 2.85. The average molecular weight is 255 g/mol. The standard InChI is InChI=1S/C14H13N3O2/c18-14(17-6-5-13-15-7-8-16-13)12-9-10-3-1-2-4-11(10)19-12/h1-4,7-9H,5-6H2,(H,15,16)(H,17,18). The van der Waals surface area contributed by atoms with Crippen LogP contribution >= 0.6 is 0 Å². The summed E-state index contributed by atoms with van der Waals surface area (Å²) in [7, 11) is 0. The molecular formula is C14H13N3O2. The third-order valence-corrected chi connectivity index (χ3v) is 2.85. The largest absolute Gasteiger partial charge is 0.451 e. The molecule has 1 amide bonds. The van der Waals surface area contributed by atoms with Crippen LogP contribution in [0.1, 0.15) is 16.4 Å². The zero-order valence-corrected chi connectivity index (χ0v) is 10.2. The van der Waals surface area contributed by atoms with E-state index in [2.05, 4.69) is 15.3 Å². The van der Waals surface area contributed by atoms with Crippen LogP contribution in [-0.2, 0) is 6.42 Å². The van der Waals surface area contributed by atoms with Crippen molar-refractivity contribution in [2.75, 3.05) is 6.54 Å². The van der Waals surface area contributed by atoms with Crippen LogP contribution in [0.5, 0.6) is 0 Å². The van der Waals surface area contributed by atoms with Gasteiger partial charge in [0.1, 0.15) is 11.4 Å². The number of aromatic nitrogens is 2. The molecule has 0 unspecified atom stereocenters. The number of aromatic amines is 1. The lowest BCUT2D eigenvalue weighted by Crippen LogP contribution is -2.25. The predicted molar refractivity (Wildman–Crippen MR) is 70.8 cm³/mol. The van der Waals surface area contributed by atoms with Crippen LogP contribution in [0.25, 0.3) is 11.0 Å². The highest BCUT2D eigenvalue weighted by molar-refractivity contribution is 5.96. The minimum Gasteiger partial charge on any atom is -0.451 e. The summed E-state index contributed by atoms with van der Waals surface area (Å²) in [5.41, 5.74) is 0.721. The molecule has 3 aromatic rings. The van der Waals surface area contributed by atoms with E-state index in [1.165, 1.54) is 0 Å². The molecule has 0 radical (unpaired) electrons. The number of benzene rings is 1. The first-order valence-corrected chi connectivity index (χ1v) is 6.08. The van der Waals surface area contributed by atoms with E-state index in [4.69, 9.17) is 4.42 Å². The summed E-state index contributed by atoms with van der Waals surface area (Å²) >= 11 is 0. The third kappa shape index (κ3) is 2.49. The Morgan fingerprint density at radius 1 is 1.37 bits per heavy atom. The molecule has 3 rings (SSSR count). The zero-order valence-electron chi connectivity index (χ0n) is 10.2. The molecule has 0 spiro atoms. The van der Waals surface area contributed by atoms with Gasteiger partial charge in [-0.15, -0.1) is 0 Å². The van der Waals surface area contributed by atoms with E-state index in [9.17, 15) is 4.79 Å². The van der Waals surface area contributed by atoms with Crippen LogP contribution < -0.4 is 5.32 Å². The molecule has 19 heavy (non-hydrogen) atoms. The molecule has 5 heteroatoms. The van der Waals surface area contributed by atoms with Crippen molar-refractivity contribution >= 4 is 16.9 Å². The van der Waals surface area contributed by atoms with Crippen molar-refractivity contribution < 1.29 is 9.21 Å². The van der Waals surface area contributed by atoms with Gasteiger partial charge in [0, 0.05) is 30.7 Å². The molecule has 2 N–H and O–H groups in total.